The van der Waals surface area contributed by atoms with Gasteiger partial charge in [-0.05, 0) is 43.7 Å². The molecule has 1 aliphatic heterocycles. The van der Waals surface area contributed by atoms with Crippen molar-refractivity contribution < 1.29 is 19.0 Å². The van der Waals surface area contributed by atoms with Gasteiger partial charge in [-0.25, -0.2) is 0 Å². The molecule has 0 aromatic heterocycles. The standard InChI is InChI=1S/C19H21NO4/c1-13-4-7-16(8-5-13)24-14(2)19(21)20(3)11-15-6-9-17-18(10-15)23-12-22-17/h4-10,14H,11-12H2,1-3H3. The smallest absolute Gasteiger partial charge is 0.263 e. The molecule has 0 N–H and O–H groups in total. The van der Waals surface area contributed by atoms with E-state index in [9.17, 15) is 4.79 Å². The first kappa shape index (κ1) is 16.2. The molecule has 0 spiro atoms. The molecule has 5 heteroatoms. The normalized spacial score (nSPS) is 13.5. The zero-order valence-electron chi connectivity index (χ0n) is 14.1. The second-order valence-corrected chi connectivity index (χ2v) is 5.96. The number of ether oxygens (including phenoxy) is 3. The number of nitrogens with zero attached hydrogens (tertiary/aromatic N) is 1. The summed E-state index contributed by atoms with van der Waals surface area (Å²) in [5.41, 5.74) is 2.14. The van der Waals surface area contributed by atoms with Gasteiger partial charge >= 0.3 is 0 Å². The summed E-state index contributed by atoms with van der Waals surface area (Å²) >= 11 is 0. The molecule has 1 heterocycles. The Hall–Kier alpha value is -2.69. The van der Waals surface area contributed by atoms with Crippen molar-refractivity contribution in [3.8, 4) is 17.2 Å². The molecule has 0 saturated carbocycles. The van der Waals surface area contributed by atoms with Crippen LogP contribution >= 0.6 is 0 Å². The van der Waals surface area contributed by atoms with Crippen LogP contribution in [0.25, 0.3) is 0 Å². The number of amides is 1. The van der Waals surface area contributed by atoms with E-state index in [2.05, 4.69) is 0 Å². The van der Waals surface area contributed by atoms with Gasteiger partial charge in [-0.15, -0.1) is 0 Å². The minimum atomic E-state index is -0.549. The first-order valence-corrected chi connectivity index (χ1v) is 7.90. The van der Waals surface area contributed by atoms with Crippen LogP contribution in [0.5, 0.6) is 17.2 Å². The summed E-state index contributed by atoms with van der Waals surface area (Å²) in [7, 11) is 1.77. The molecule has 0 fully saturated rings. The van der Waals surface area contributed by atoms with Gasteiger partial charge in [0, 0.05) is 13.6 Å². The molecule has 1 unspecified atom stereocenters. The van der Waals surface area contributed by atoms with E-state index in [4.69, 9.17) is 14.2 Å². The summed E-state index contributed by atoms with van der Waals surface area (Å²) in [4.78, 5) is 14.1. The summed E-state index contributed by atoms with van der Waals surface area (Å²) in [5.74, 6) is 2.08. The monoisotopic (exact) mass is 327 g/mol. The molecule has 0 aliphatic carbocycles. The maximum absolute atomic E-state index is 12.5. The van der Waals surface area contributed by atoms with Crippen LogP contribution in [0.1, 0.15) is 18.1 Å². The first-order valence-electron chi connectivity index (χ1n) is 7.90. The Morgan fingerprint density at radius 2 is 1.88 bits per heavy atom. The van der Waals surface area contributed by atoms with Crippen molar-refractivity contribution in [1.82, 2.24) is 4.90 Å². The van der Waals surface area contributed by atoms with Crippen LogP contribution in [-0.2, 0) is 11.3 Å². The fraction of sp³-hybridized carbons (Fsp3) is 0.316. The van der Waals surface area contributed by atoms with Crippen LogP contribution < -0.4 is 14.2 Å². The number of hydrogen-bond donors (Lipinski definition) is 0. The molecule has 2 aromatic rings. The number of rotatable bonds is 5. The first-order chi connectivity index (χ1) is 11.5. The molecule has 24 heavy (non-hydrogen) atoms. The predicted molar refractivity (Wildman–Crippen MR) is 90.3 cm³/mol. The van der Waals surface area contributed by atoms with Gasteiger partial charge in [0.2, 0.25) is 6.79 Å². The molecular weight excluding hydrogens is 306 g/mol. The van der Waals surface area contributed by atoms with E-state index in [1.807, 2.05) is 49.4 Å². The van der Waals surface area contributed by atoms with Crippen LogP contribution in [0.4, 0.5) is 0 Å². The zero-order chi connectivity index (χ0) is 17.1. The molecular formula is C19H21NO4. The molecule has 0 saturated heterocycles. The third-order valence-electron chi connectivity index (χ3n) is 3.91. The van der Waals surface area contributed by atoms with Gasteiger partial charge in [0.25, 0.3) is 5.91 Å². The molecule has 1 aliphatic rings. The highest BCUT2D eigenvalue weighted by Crippen LogP contribution is 2.32. The number of fused-ring (bicyclic) bond motifs is 1. The lowest BCUT2D eigenvalue weighted by Gasteiger charge is -2.22. The average molecular weight is 327 g/mol. The molecule has 0 radical (unpaired) electrons. The quantitative estimate of drug-likeness (QED) is 0.846. The number of hydrogen-bond acceptors (Lipinski definition) is 4. The Morgan fingerprint density at radius 1 is 1.17 bits per heavy atom. The van der Waals surface area contributed by atoms with Crippen molar-refractivity contribution in [2.24, 2.45) is 0 Å². The van der Waals surface area contributed by atoms with Crippen molar-refractivity contribution in [1.29, 1.82) is 0 Å². The van der Waals surface area contributed by atoms with Crippen LogP contribution in [0.15, 0.2) is 42.5 Å². The fourth-order valence-corrected chi connectivity index (χ4v) is 2.57. The number of carbonyl (C=O) groups excluding carboxylic acids is 1. The van der Waals surface area contributed by atoms with Crippen molar-refractivity contribution in [2.75, 3.05) is 13.8 Å². The van der Waals surface area contributed by atoms with E-state index >= 15 is 0 Å². The van der Waals surface area contributed by atoms with Crippen LogP contribution in [0, 0.1) is 6.92 Å². The van der Waals surface area contributed by atoms with E-state index in [1.165, 1.54) is 0 Å². The summed E-state index contributed by atoms with van der Waals surface area (Å²) in [5, 5.41) is 0. The summed E-state index contributed by atoms with van der Waals surface area (Å²) in [6, 6.07) is 13.4. The van der Waals surface area contributed by atoms with E-state index in [0.717, 1.165) is 22.6 Å². The van der Waals surface area contributed by atoms with E-state index in [0.29, 0.717) is 12.3 Å². The SMILES string of the molecule is Cc1ccc(OC(C)C(=O)N(C)Cc2ccc3c(c2)OCO3)cc1. The van der Waals surface area contributed by atoms with Gasteiger partial charge in [0.05, 0.1) is 0 Å². The molecule has 1 amide bonds. The lowest BCUT2D eigenvalue weighted by molar-refractivity contribution is -0.137. The third-order valence-corrected chi connectivity index (χ3v) is 3.91. The van der Waals surface area contributed by atoms with Gasteiger partial charge < -0.3 is 19.1 Å². The van der Waals surface area contributed by atoms with Gasteiger partial charge in [-0.3, -0.25) is 4.79 Å². The predicted octanol–water partition coefficient (Wildman–Crippen LogP) is 3.15. The highest BCUT2D eigenvalue weighted by molar-refractivity contribution is 5.80. The van der Waals surface area contributed by atoms with Gasteiger partial charge in [0.15, 0.2) is 17.6 Å². The number of benzene rings is 2. The van der Waals surface area contributed by atoms with Gasteiger partial charge in [0.1, 0.15) is 5.75 Å². The van der Waals surface area contributed by atoms with Gasteiger partial charge in [-0.2, -0.15) is 0 Å². The van der Waals surface area contributed by atoms with E-state index in [-0.39, 0.29) is 12.7 Å². The Balaban J connectivity index is 1.60. The van der Waals surface area contributed by atoms with Gasteiger partial charge in [-0.1, -0.05) is 23.8 Å². The highest BCUT2D eigenvalue weighted by Gasteiger charge is 2.20. The lowest BCUT2D eigenvalue weighted by Crippen LogP contribution is -2.37. The highest BCUT2D eigenvalue weighted by atomic mass is 16.7. The Labute approximate surface area is 141 Å². The molecule has 1 atom stereocenters. The fourth-order valence-electron chi connectivity index (χ4n) is 2.57. The summed E-state index contributed by atoms with van der Waals surface area (Å²) < 4.78 is 16.4. The Morgan fingerprint density at radius 3 is 2.62 bits per heavy atom. The lowest BCUT2D eigenvalue weighted by atomic mass is 10.2. The molecule has 5 nitrogen and oxygen atoms in total. The molecule has 2 aromatic carbocycles. The summed E-state index contributed by atoms with van der Waals surface area (Å²) in [6.07, 6.45) is -0.549. The minimum Gasteiger partial charge on any atom is -0.481 e. The minimum absolute atomic E-state index is 0.0757. The maximum atomic E-state index is 12.5. The van der Waals surface area contributed by atoms with Crippen molar-refractivity contribution in [2.45, 2.75) is 26.5 Å². The number of carbonyl (C=O) groups is 1. The Bertz CT molecular complexity index is 727. The molecule has 126 valence electrons. The average Bonchev–Trinajstić information content (AvgIpc) is 3.03. The largest absolute Gasteiger partial charge is 0.481 e. The Kier molecular flexibility index (Phi) is 4.60. The number of aryl methyl sites for hydroxylation is 1. The molecule has 0 bridgehead atoms. The van der Waals surface area contributed by atoms with Crippen molar-refractivity contribution in [3.63, 3.8) is 0 Å². The van der Waals surface area contributed by atoms with Crippen LogP contribution in [-0.4, -0.2) is 30.8 Å². The van der Waals surface area contributed by atoms with Crippen LogP contribution in [0.2, 0.25) is 0 Å². The zero-order valence-corrected chi connectivity index (χ0v) is 14.1. The van der Waals surface area contributed by atoms with Crippen LogP contribution in [0.3, 0.4) is 0 Å². The summed E-state index contributed by atoms with van der Waals surface area (Å²) in [6.45, 7) is 4.50. The van der Waals surface area contributed by atoms with E-state index < -0.39 is 6.10 Å². The van der Waals surface area contributed by atoms with E-state index in [1.54, 1.807) is 18.9 Å². The third kappa shape index (κ3) is 3.62. The van der Waals surface area contributed by atoms with Crippen molar-refractivity contribution in [3.05, 3.63) is 53.6 Å². The number of likely N-dealkylation sites (N-methyl/N-ethyl adjacent to an activating group) is 1. The second-order valence-electron chi connectivity index (χ2n) is 5.96. The topological polar surface area (TPSA) is 48.0 Å². The second kappa shape index (κ2) is 6.83. The molecule has 3 rings (SSSR count). The maximum Gasteiger partial charge on any atom is 0.263 e. The van der Waals surface area contributed by atoms with Crippen molar-refractivity contribution >= 4 is 5.91 Å².